The van der Waals surface area contributed by atoms with Crippen LogP contribution >= 0.6 is 11.3 Å². The SMILES string of the molecule is O=C(Nc1nc(C=Cc2ncc3n2CCCC3)cs1)c1cccn1Cc1ccnc(F)c1. The summed E-state index contributed by atoms with van der Waals surface area (Å²) >= 11 is 1.36. The fraction of sp³-hybridized carbons (Fsp3) is 0.217. The lowest BCUT2D eigenvalue weighted by atomic mass is 10.1. The number of amides is 1. The molecule has 0 aromatic carbocycles. The number of pyridine rings is 1. The van der Waals surface area contributed by atoms with Crippen molar-refractivity contribution in [2.45, 2.75) is 32.4 Å². The Labute approximate surface area is 188 Å². The number of aromatic nitrogens is 5. The third-order valence-corrected chi connectivity index (χ3v) is 6.16. The van der Waals surface area contributed by atoms with Gasteiger partial charge in [0, 0.05) is 42.8 Å². The fourth-order valence-corrected chi connectivity index (χ4v) is 4.50. The van der Waals surface area contributed by atoms with Crippen molar-refractivity contribution in [3.63, 3.8) is 0 Å². The highest BCUT2D eigenvalue weighted by Crippen LogP contribution is 2.21. The van der Waals surface area contributed by atoms with Crippen LogP contribution in [-0.2, 0) is 19.5 Å². The fourth-order valence-electron chi connectivity index (χ4n) is 3.83. The van der Waals surface area contributed by atoms with Gasteiger partial charge in [-0.15, -0.1) is 11.3 Å². The molecule has 4 aromatic heterocycles. The molecule has 7 nitrogen and oxygen atoms in total. The second-order valence-corrected chi connectivity index (χ2v) is 8.45. The largest absolute Gasteiger partial charge is 0.339 e. The summed E-state index contributed by atoms with van der Waals surface area (Å²) in [4.78, 5) is 25.3. The molecular weight excluding hydrogens is 427 g/mol. The second-order valence-electron chi connectivity index (χ2n) is 7.59. The molecule has 5 rings (SSSR count). The predicted octanol–water partition coefficient (Wildman–Crippen LogP) is 4.48. The Morgan fingerprint density at radius 3 is 3.09 bits per heavy atom. The van der Waals surface area contributed by atoms with Crippen molar-refractivity contribution in [3.05, 3.63) is 82.7 Å². The number of rotatable bonds is 6. The van der Waals surface area contributed by atoms with Gasteiger partial charge in [0.15, 0.2) is 5.13 Å². The van der Waals surface area contributed by atoms with E-state index in [-0.39, 0.29) is 5.91 Å². The van der Waals surface area contributed by atoms with Crippen molar-refractivity contribution < 1.29 is 9.18 Å². The first-order chi connectivity index (χ1) is 15.7. The molecule has 1 aliphatic rings. The summed E-state index contributed by atoms with van der Waals surface area (Å²) in [5.41, 5.74) is 3.24. The normalized spacial score (nSPS) is 13.4. The number of halogens is 1. The number of anilines is 1. The summed E-state index contributed by atoms with van der Waals surface area (Å²) < 4.78 is 17.4. The maximum Gasteiger partial charge on any atom is 0.274 e. The number of thiazole rings is 1. The van der Waals surface area contributed by atoms with Gasteiger partial charge < -0.3 is 9.13 Å². The number of carbonyl (C=O) groups excluding carboxylic acids is 1. The summed E-state index contributed by atoms with van der Waals surface area (Å²) in [7, 11) is 0. The number of carbonyl (C=O) groups is 1. The molecule has 4 aromatic rings. The maximum absolute atomic E-state index is 13.4. The molecule has 162 valence electrons. The number of imidazole rings is 1. The zero-order valence-corrected chi connectivity index (χ0v) is 18.1. The van der Waals surface area contributed by atoms with E-state index in [1.54, 1.807) is 29.0 Å². The van der Waals surface area contributed by atoms with Gasteiger partial charge in [0.1, 0.15) is 11.5 Å². The van der Waals surface area contributed by atoms with Crippen LogP contribution in [0.15, 0.2) is 48.2 Å². The molecule has 0 bridgehead atoms. The van der Waals surface area contributed by atoms with Crippen molar-refractivity contribution in [3.8, 4) is 0 Å². The molecule has 0 aliphatic carbocycles. The number of hydrogen-bond acceptors (Lipinski definition) is 5. The Kier molecular flexibility index (Phi) is 5.64. The lowest BCUT2D eigenvalue weighted by Gasteiger charge is -2.14. The minimum atomic E-state index is -0.542. The van der Waals surface area contributed by atoms with Crippen molar-refractivity contribution >= 4 is 34.5 Å². The van der Waals surface area contributed by atoms with Gasteiger partial charge >= 0.3 is 0 Å². The molecule has 0 saturated heterocycles. The first kappa shape index (κ1) is 20.3. The third-order valence-electron chi connectivity index (χ3n) is 5.39. The third kappa shape index (κ3) is 4.38. The van der Waals surface area contributed by atoms with Gasteiger partial charge in [0.2, 0.25) is 5.95 Å². The molecular formula is C23H21FN6OS. The van der Waals surface area contributed by atoms with Gasteiger partial charge in [-0.2, -0.15) is 4.39 Å². The first-order valence-corrected chi connectivity index (χ1v) is 11.3. The van der Waals surface area contributed by atoms with E-state index in [1.165, 1.54) is 42.1 Å². The van der Waals surface area contributed by atoms with E-state index in [0.29, 0.717) is 17.4 Å². The van der Waals surface area contributed by atoms with Crippen molar-refractivity contribution in [1.29, 1.82) is 0 Å². The van der Waals surface area contributed by atoms with Crippen LogP contribution in [0.5, 0.6) is 0 Å². The molecule has 0 spiro atoms. The number of fused-ring (bicyclic) bond motifs is 1. The quantitative estimate of drug-likeness (QED) is 0.441. The highest BCUT2D eigenvalue weighted by atomic mass is 32.1. The van der Waals surface area contributed by atoms with Gasteiger partial charge in [0.25, 0.3) is 5.91 Å². The molecule has 1 aliphatic heterocycles. The molecule has 0 saturated carbocycles. The summed E-state index contributed by atoms with van der Waals surface area (Å²) in [6.45, 7) is 1.37. The summed E-state index contributed by atoms with van der Waals surface area (Å²) in [6, 6.07) is 6.59. The van der Waals surface area contributed by atoms with Gasteiger partial charge in [-0.25, -0.2) is 15.0 Å². The van der Waals surface area contributed by atoms with Crippen LogP contribution in [0.25, 0.3) is 12.2 Å². The van der Waals surface area contributed by atoms with E-state index in [0.717, 1.165) is 30.0 Å². The monoisotopic (exact) mass is 448 g/mol. The number of aryl methyl sites for hydroxylation is 1. The smallest absolute Gasteiger partial charge is 0.274 e. The maximum atomic E-state index is 13.4. The average Bonchev–Trinajstić information content (AvgIpc) is 3.52. The first-order valence-electron chi connectivity index (χ1n) is 10.4. The summed E-state index contributed by atoms with van der Waals surface area (Å²) in [5, 5.41) is 5.26. The van der Waals surface area contributed by atoms with Crippen molar-refractivity contribution in [1.82, 2.24) is 24.1 Å². The van der Waals surface area contributed by atoms with Gasteiger partial charge in [0.05, 0.1) is 5.69 Å². The van der Waals surface area contributed by atoms with Crippen molar-refractivity contribution in [2.24, 2.45) is 0 Å². The predicted molar refractivity (Wildman–Crippen MR) is 122 cm³/mol. The minimum Gasteiger partial charge on any atom is -0.339 e. The summed E-state index contributed by atoms with van der Waals surface area (Å²) in [5.74, 6) is 0.125. The van der Waals surface area contributed by atoms with E-state index in [9.17, 15) is 9.18 Å². The molecule has 9 heteroatoms. The highest BCUT2D eigenvalue weighted by Gasteiger charge is 2.14. The molecule has 0 unspecified atom stereocenters. The van der Waals surface area contributed by atoms with Crippen LogP contribution in [0.1, 0.15) is 46.1 Å². The second kappa shape index (κ2) is 8.88. The minimum absolute atomic E-state index is 0.267. The molecule has 1 N–H and O–H groups in total. The van der Waals surface area contributed by atoms with Gasteiger partial charge in [-0.3, -0.25) is 10.1 Å². The average molecular weight is 449 g/mol. The standard InChI is InChI=1S/C23H21FN6OS/c24-20-12-16(8-9-25-20)14-29-10-3-5-19(29)22(31)28-23-27-17(15-32-23)6-7-21-26-13-18-4-1-2-11-30(18)21/h3,5-10,12-13,15H,1-2,4,11,14H2,(H,27,28,31). The van der Waals surface area contributed by atoms with Crippen LogP contribution in [-0.4, -0.2) is 30.0 Å². The Bertz CT molecular complexity index is 1290. The number of nitrogens with zero attached hydrogens (tertiary/aromatic N) is 5. The van der Waals surface area contributed by atoms with Crippen LogP contribution in [0, 0.1) is 5.95 Å². The van der Waals surface area contributed by atoms with E-state index in [2.05, 4.69) is 24.8 Å². The zero-order valence-electron chi connectivity index (χ0n) is 17.2. The Morgan fingerprint density at radius 2 is 2.19 bits per heavy atom. The number of nitrogens with one attached hydrogen (secondary N) is 1. The molecule has 5 heterocycles. The Hall–Kier alpha value is -3.59. The highest BCUT2D eigenvalue weighted by molar-refractivity contribution is 7.14. The lowest BCUT2D eigenvalue weighted by Crippen LogP contribution is -2.17. The molecule has 0 radical (unpaired) electrons. The van der Waals surface area contributed by atoms with Crippen LogP contribution in [0.3, 0.4) is 0 Å². The van der Waals surface area contributed by atoms with E-state index >= 15 is 0 Å². The Morgan fingerprint density at radius 1 is 1.25 bits per heavy atom. The molecule has 0 fully saturated rings. The van der Waals surface area contributed by atoms with Gasteiger partial charge in [-0.05, 0) is 61.2 Å². The lowest BCUT2D eigenvalue weighted by molar-refractivity contribution is 0.101. The van der Waals surface area contributed by atoms with Crippen LogP contribution in [0.2, 0.25) is 0 Å². The van der Waals surface area contributed by atoms with Crippen LogP contribution in [0.4, 0.5) is 9.52 Å². The van der Waals surface area contributed by atoms with E-state index in [4.69, 9.17) is 0 Å². The van der Waals surface area contributed by atoms with Crippen molar-refractivity contribution in [2.75, 3.05) is 5.32 Å². The van der Waals surface area contributed by atoms with Crippen LogP contribution < -0.4 is 5.32 Å². The van der Waals surface area contributed by atoms with Gasteiger partial charge in [-0.1, -0.05) is 0 Å². The van der Waals surface area contributed by atoms with E-state index in [1.807, 2.05) is 23.7 Å². The molecule has 1 amide bonds. The Balaban J connectivity index is 1.26. The number of hydrogen-bond donors (Lipinski definition) is 1. The zero-order chi connectivity index (χ0) is 21.9. The summed E-state index contributed by atoms with van der Waals surface area (Å²) in [6.07, 6.45) is 12.5. The van der Waals surface area contributed by atoms with E-state index < -0.39 is 5.95 Å². The topological polar surface area (TPSA) is 77.6 Å². The molecule has 0 atom stereocenters. The molecule has 32 heavy (non-hydrogen) atoms.